The standard InChI is InChI=1S/C10H11ClF2O3/c11-2-1-8(14)10(16)6-3-5(12)4-7(13)9(6)15/h3-4,8,10,14-16H,1-2H2. The van der Waals surface area contributed by atoms with Crippen LogP contribution in [0.25, 0.3) is 0 Å². The van der Waals surface area contributed by atoms with Gasteiger partial charge in [0.15, 0.2) is 11.6 Å². The largest absolute Gasteiger partial charge is 0.505 e. The van der Waals surface area contributed by atoms with Gasteiger partial charge in [0.1, 0.15) is 11.9 Å². The van der Waals surface area contributed by atoms with Crippen molar-refractivity contribution in [3.8, 4) is 5.75 Å². The molecule has 0 saturated carbocycles. The van der Waals surface area contributed by atoms with E-state index in [1.165, 1.54) is 0 Å². The molecule has 0 radical (unpaired) electrons. The second kappa shape index (κ2) is 5.43. The van der Waals surface area contributed by atoms with Crippen LogP contribution in [-0.2, 0) is 0 Å². The summed E-state index contributed by atoms with van der Waals surface area (Å²) in [5, 5.41) is 28.2. The number of hydrogen-bond acceptors (Lipinski definition) is 3. The maximum atomic E-state index is 12.9. The van der Waals surface area contributed by atoms with Crippen LogP contribution < -0.4 is 0 Å². The first kappa shape index (κ1) is 13.2. The van der Waals surface area contributed by atoms with Crippen molar-refractivity contribution in [3.63, 3.8) is 0 Å². The van der Waals surface area contributed by atoms with E-state index in [0.717, 1.165) is 6.07 Å². The molecule has 2 atom stereocenters. The smallest absolute Gasteiger partial charge is 0.168 e. The topological polar surface area (TPSA) is 60.7 Å². The summed E-state index contributed by atoms with van der Waals surface area (Å²) in [6.45, 7) is 0. The lowest BCUT2D eigenvalue weighted by atomic mass is 10.0. The number of rotatable bonds is 4. The molecule has 6 heteroatoms. The maximum absolute atomic E-state index is 12.9. The molecule has 90 valence electrons. The highest BCUT2D eigenvalue weighted by atomic mass is 35.5. The Morgan fingerprint density at radius 1 is 1.25 bits per heavy atom. The molecule has 0 spiro atoms. The van der Waals surface area contributed by atoms with E-state index in [0.29, 0.717) is 6.07 Å². The minimum Gasteiger partial charge on any atom is -0.505 e. The van der Waals surface area contributed by atoms with E-state index in [4.69, 9.17) is 11.6 Å². The summed E-state index contributed by atoms with van der Waals surface area (Å²) in [4.78, 5) is 0. The second-order valence-electron chi connectivity index (χ2n) is 3.32. The first-order chi connectivity index (χ1) is 7.47. The maximum Gasteiger partial charge on any atom is 0.168 e. The van der Waals surface area contributed by atoms with Gasteiger partial charge in [-0.25, -0.2) is 8.78 Å². The van der Waals surface area contributed by atoms with Crippen molar-refractivity contribution in [2.45, 2.75) is 18.6 Å². The van der Waals surface area contributed by atoms with Crippen LogP contribution in [0.3, 0.4) is 0 Å². The summed E-state index contributed by atoms with van der Waals surface area (Å²) < 4.78 is 25.8. The van der Waals surface area contributed by atoms with Gasteiger partial charge in [0, 0.05) is 17.5 Å². The molecule has 0 aliphatic heterocycles. The predicted molar refractivity (Wildman–Crippen MR) is 54.3 cm³/mol. The fourth-order valence-corrected chi connectivity index (χ4v) is 1.51. The number of aliphatic hydroxyl groups is 2. The minimum absolute atomic E-state index is 0.0420. The van der Waals surface area contributed by atoms with Crippen LogP contribution >= 0.6 is 11.6 Å². The number of benzene rings is 1. The molecule has 0 aliphatic carbocycles. The molecular weight excluding hydrogens is 242 g/mol. The second-order valence-corrected chi connectivity index (χ2v) is 3.69. The molecule has 0 aromatic heterocycles. The van der Waals surface area contributed by atoms with Crippen LogP contribution in [-0.4, -0.2) is 27.3 Å². The lowest BCUT2D eigenvalue weighted by Crippen LogP contribution is -2.19. The van der Waals surface area contributed by atoms with Gasteiger partial charge in [-0.3, -0.25) is 0 Å². The van der Waals surface area contributed by atoms with E-state index in [1.807, 2.05) is 0 Å². The van der Waals surface area contributed by atoms with Crippen molar-refractivity contribution in [1.82, 2.24) is 0 Å². The third kappa shape index (κ3) is 2.81. The molecule has 1 rings (SSSR count). The molecule has 0 amide bonds. The third-order valence-electron chi connectivity index (χ3n) is 2.15. The SMILES string of the molecule is Oc1c(F)cc(F)cc1C(O)C(O)CCCl. The van der Waals surface area contributed by atoms with E-state index in [9.17, 15) is 24.1 Å². The Morgan fingerprint density at radius 2 is 1.88 bits per heavy atom. The third-order valence-corrected chi connectivity index (χ3v) is 2.36. The molecule has 0 aliphatic rings. The van der Waals surface area contributed by atoms with Crippen LogP contribution in [0.5, 0.6) is 5.75 Å². The van der Waals surface area contributed by atoms with Gasteiger partial charge >= 0.3 is 0 Å². The lowest BCUT2D eigenvalue weighted by molar-refractivity contribution is 0.0152. The molecular formula is C10H11ClF2O3. The van der Waals surface area contributed by atoms with Gasteiger partial charge < -0.3 is 15.3 Å². The fraction of sp³-hybridized carbons (Fsp3) is 0.400. The minimum atomic E-state index is -1.58. The molecule has 0 bridgehead atoms. The van der Waals surface area contributed by atoms with Crippen LogP contribution in [0.4, 0.5) is 8.78 Å². The number of phenolic OH excluding ortho intramolecular Hbond substituents is 1. The average molecular weight is 253 g/mol. The number of halogens is 3. The predicted octanol–water partition coefficient (Wildman–Crippen LogP) is 1.69. The number of aliphatic hydroxyl groups excluding tert-OH is 2. The molecule has 0 heterocycles. The van der Waals surface area contributed by atoms with E-state index in [2.05, 4.69) is 0 Å². The highest BCUT2D eigenvalue weighted by molar-refractivity contribution is 6.17. The van der Waals surface area contributed by atoms with Gasteiger partial charge in [0.2, 0.25) is 0 Å². The van der Waals surface area contributed by atoms with E-state index >= 15 is 0 Å². The van der Waals surface area contributed by atoms with Gasteiger partial charge in [-0.05, 0) is 12.5 Å². The van der Waals surface area contributed by atoms with Crippen molar-refractivity contribution < 1.29 is 24.1 Å². The Bertz CT molecular complexity index is 373. The van der Waals surface area contributed by atoms with E-state index in [-0.39, 0.29) is 12.3 Å². The Labute approximate surface area is 95.9 Å². The monoisotopic (exact) mass is 252 g/mol. The molecule has 3 N–H and O–H groups in total. The Kier molecular flexibility index (Phi) is 4.46. The van der Waals surface area contributed by atoms with Crippen LogP contribution in [0.2, 0.25) is 0 Å². The lowest BCUT2D eigenvalue weighted by Gasteiger charge is -2.18. The normalized spacial score (nSPS) is 14.8. The molecule has 1 aromatic rings. The summed E-state index contributed by atoms with van der Waals surface area (Å²) in [5.41, 5.74) is -0.393. The van der Waals surface area contributed by atoms with Crippen molar-refractivity contribution >= 4 is 11.6 Å². The van der Waals surface area contributed by atoms with Gasteiger partial charge in [0.05, 0.1) is 6.10 Å². The molecule has 0 saturated heterocycles. The first-order valence-corrected chi connectivity index (χ1v) is 5.10. The number of alkyl halides is 1. The van der Waals surface area contributed by atoms with Crippen molar-refractivity contribution in [3.05, 3.63) is 29.3 Å². The molecule has 2 unspecified atom stereocenters. The average Bonchev–Trinajstić information content (AvgIpc) is 2.22. The number of phenols is 1. The molecule has 1 aromatic carbocycles. The fourth-order valence-electron chi connectivity index (χ4n) is 1.29. The highest BCUT2D eigenvalue weighted by Crippen LogP contribution is 2.30. The molecule has 16 heavy (non-hydrogen) atoms. The molecule has 0 fully saturated rings. The van der Waals surface area contributed by atoms with Gasteiger partial charge in [-0.2, -0.15) is 0 Å². The summed E-state index contributed by atoms with van der Waals surface area (Å²) >= 11 is 5.35. The Morgan fingerprint density at radius 3 is 2.44 bits per heavy atom. The van der Waals surface area contributed by atoms with Gasteiger partial charge in [-0.1, -0.05) is 0 Å². The zero-order chi connectivity index (χ0) is 12.3. The van der Waals surface area contributed by atoms with Crippen LogP contribution in [0, 0.1) is 11.6 Å². The van der Waals surface area contributed by atoms with Crippen molar-refractivity contribution in [2.24, 2.45) is 0 Å². The van der Waals surface area contributed by atoms with E-state index in [1.54, 1.807) is 0 Å². The van der Waals surface area contributed by atoms with Crippen molar-refractivity contribution in [1.29, 1.82) is 0 Å². The quantitative estimate of drug-likeness (QED) is 0.715. The number of hydrogen-bond donors (Lipinski definition) is 3. The highest BCUT2D eigenvalue weighted by Gasteiger charge is 2.23. The summed E-state index contributed by atoms with van der Waals surface area (Å²) in [7, 11) is 0. The summed E-state index contributed by atoms with van der Waals surface area (Å²) in [6.07, 6.45) is -2.83. The van der Waals surface area contributed by atoms with Gasteiger partial charge in [-0.15, -0.1) is 11.6 Å². The van der Waals surface area contributed by atoms with Crippen LogP contribution in [0.1, 0.15) is 18.1 Å². The molecule has 3 nitrogen and oxygen atoms in total. The zero-order valence-electron chi connectivity index (χ0n) is 8.20. The first-order valence-electron chi connectivity index (χ1n) is 4.57. The van der Waals surface area contributed by atoms with Crippen molar-refractivity contribution in [2.75, 3.05) is 5.88 Å². The Balaban J connectivity index is 3.03. The summed E-state index contributed by atoms with van der Waals surface area (Å²) in [6, 6.07) is 1.25. The van der Waals surface area contributed by atoms with E-state index < -0.39 is 35.2 Å². The number of aromatic hydroxyl groups is 1. The van der Waals surface area contributed by atoms with Crippen LogP contribution in [0.15, 0.2) is 12.1 Å². The Hall–Kier alpha value is -0.910. The zero-order valence-corrected chi connectivity index (χ0v) is 8.96. The summed E-state index contributed by atoms with van der Waals surface area (Å²) in [5.74, 6) is -2.92. The van der Waals surface area contributed by atoms with Gasteiger partial charge in [0.25, 0.3) is 0 Å².